The molecule has 0 saturated heterocycles. The van der Waals surface area contributed by atoms with E-state index in [1.165, 1.54) is 12.1 Å². The average Bonchev–Trinajstić information content (AvgIpc) is 2.45. The number of benzene rings is 1. The van der Waals surface area contributed by atoms with Crippen LogP contribution in [0.15, 0.2) is 22.7 Å². The van der Waals surface area contributed by atoms with Crippen molar-refractivity contribution < 1.29 is 9.66 Å². The average molecular weight is 353 g/mol. The predicted octanol–water partition coefficient (Wildman–Crippen LogP) is 3.39. The highest BCUT2D eigenvalue weighted by Gasteiger charge is 2.15. The van der Waals surface area contributed by atoms with Crippen LogP contribution in [0, 0.1) is 17.0 Å². The van der Waals surface area contributed by atoms with E-state index in [1.54, 1.807) is 13.0 Å². The topological polar surface area (TPSA) is 104 Å². The summed E-state index contributed by atoms with van der Waals surface area (Å²) in [5.74, 6) is 1.47. The Morgan fingerprint density at radius 2 is 2.14 bits per heavy atom. The smallest absolute Gasteiger partial charge is 0.273 e. The standard InChI is InChI=1S/C13H13BrN4O3/c1-3-11-16-12(15)7(2)13(17-11)21-10-6-8(18(19)20)4-5-9(10)14/h4-6H,3H2,1-2H3,(H2,15,16,17). The molecule has 0 amide bonds. The number of aromatic nitrogens is 2. The van der Waals surface area contributed by atoms with Gasteiger partial charge in [0, 0.05) is 12.5 Å². The van der Waals surface area contributed by atoms with Crippen LogP contribution >= 0.6 is 15.9 Å². The maximum Gasteiger partial charge on any atom is 0.273 e. The van der Waals surface area contributed by atoms with Crippen molar-refractivity contribution in [1.29, 1.82) is 0 Å². The van der Waals surface area contributed by atoms with E-state index in [0.717, 1.165) is 0 Å². The third-order valence-electron chi connectivity index (χ3n) is 2.83. The van der Waals surface area contributed by atoms with Crippen molar-refractivity contribution in [2.24, 2.45) is 0 Å². The molecule has 0 aliphatic carbocycles. The summed E-state index contributed by atoms with van der Waals surface area (Å²) in [6.07, 6.45) is 0.608. The van der Waals surface area contributed by atoms with Gasteiger partial charge in [0.05, 0.1) is 21.0 Å². The van der Waals surface area contributed by atoms with E-state index in [4.69, 9.17) is 10.5 Å². The Labute approximate surface area is 129 Å². The summed E-state index contributed by atoms with van der Waals surface area (Å²) in [5, 5.41) is 10.8. The molecule has 8 heteroatoms. The number of nitro benzene ring substituents is 1. The normalized spacial score (nSPS) is 10.4. The van der Waals surface area contributed by atoms with E-state index in [0.29, 0.717) is 39.7 Å². The number of nitrogen functional groups attached to an aromatic ring is 1. The first-order chi connectivity index (χ1) is 9.92. The molecule has 2 N–H and O–H groups in total. The van der Waals surface area contributed by atoms with Gasteiger partial charge in [-0.05, 0) is 28.9 Å². The van der Waals surface area contributed by atoms with Crippen LogP contribution in [0.25, 0.3) is 0 Å². The van der Waals surface area contributed by atoms with Crippen LogP contribution in [-0.4, -0.2) is 14.9 Å². The first kappa shape index (κ1) is 15.2. The van der Waals surface area contributed by atoms with Crippen molar-refractivity contribution in [2.45, 2.75) is 20.3 Å². The van der Waals surface area contributed by atoms with Crippen LogP contribution in [0.3, 0.4) is 0 Å². The fourth-order valence-electron chi connectivity index (χ4n) is 1.60. The van der Waals surface area contributed by atoms with Gasteiger partial charge in [-0.1, -0.05) is 6.92 Å². The van der Waals surface area contributed by atoms with Gasteiger partial charge in [0.15, 0.2) is 5.75 Å². The lowest BCUT2D eigenvalue weighted by Crippen LogP contribution is -2.04. The minimum Gasteiger partial charge on any atom is -0.437 e. The summed E-state index contributed by atoms with van der Waals surface area (Å²) < 4.78 is 6.26. The molecule has 0 fully saturated rings. The molecule has 0 saturated carbocycles. The second-order valence-electron chi connectivity index (χ2n) is 4.28. The van der Waals surface area contributed by atoms with Crippen molar-refractivity contribution in [3.63, 3.8) is 0 Å². The monoisotopic (exact) mass is 352 g/mol. The van der Waals surface area contributed by atoms with Gasteiger partial charge >= 0.3 is 0 Å². The maximum atomic E-state index is 10.8. The Morgan fingerprint density at radius 3 is 2.76 bits per heavy atom. The first-order valence-corrected chi connectivity index (χ1v) is 6.96. The minimum atomic E-state index is -0.488. The van der Waals surface area contributed by atoms with Crippen molar-refractivity contribution in [3.05, 3.63) is 44.2 Å². The summed E-state index contributed by atoms with van der Waals surface area (Å²) in [6, 6.07) is 4.26. The number of halogens is 1. The molecule has 0 unspecified atom stereocenters. The molecule has 0 aliphatic rings. The lowest BCUT2D eigenvalue weighted by molar-refractivity contribution is -0.384. The van der Waals surface area contributed by atoms with Crippen molar-refractivity contribution >= 4 is 27.4 Å². The number of nitro groups is 1. The van der Waals surface area contributed by atoms with Crippen LogP contribution in [0.2, 0.25) is 0 Å². The summed E-state index contributed by atoms with van der Waals surface area (Å²) in [6.45, 7) is 3.63. The van der Waals surface area contributed by atoms with Crippen LogP contribution in [-0.2, 0) is 6.42 Å². The number of hydrogen-bond acceptors (Lipinski definition) is 6. The number of hydrogen-bond donors (Lipinski definition) is 1. The maximum absolute atomic E-state index is 10.8. The zero-order valence-electron chi connectivity index (χ0n) is 11.5. The lowest BCUT2D eigenvalue weighted by Gasteiger charge is -2.11. The van der Waals surface area contributed by atoms with Gasteiger partial charge in [-0.25, -0.2) is 4.98 Å². The molecule has 1 heterocycles. The van der Waals surface area contributed by atoms with Crippen LogP contribution in [0.1, 0.15) is 18.3 Å². The zero-order chi connectivity index (χ0) is 15.6. The Kier molecular flexibility index (Phi) is 4.37. The van der Waals surface area contributed by atoms with E-state index in [2.05, 4.69) is 25.9 Å². The van der Waals surface area contributed by atoms with Gasteiger partial charge in [-0.2, -0.15) is 4.98 Å². The number of nitrogens with zero attached hydrogens (tertiary/aromatic N) is 3. The van der Waals surface area contributed by atoms with E-state index in [-0.39, 0.29) is 5.69 Å². The molecule has 2 aromatic rings. The lowest BCUT2D eigenvalue weighted by atomic mass is 10.3. The fraction of sp³-hybridized carbons (Fsp3) is 0.231. The summed E-state index contributed by atoms with van der Waals surface area (Å²) in [5.41, 5.74) is 6.34. The molecule has 0 atom stereocenters. The van der Waals surface area contributed by atoms with Crippen LogP contribution in [0.5, 0.6) is 11.6 Å². The van der Waals surface area contributed by atoms with Gasteiger partial charge in [-0.15, -0.1) is 0 Å². The van der Waals surface area contributed by atoms with Gasteiger partial charge in [0.2, 0.25) is 5.88 Å². The minimum absolute atomic E-state index is 0.0661. The molecule has 1 aromatic heterocycles. The second kappa shape index (κ2) is 6.04. The predicted molar refractivity (Wildman–Crippen MR) is 81.4 cm³/mol. The summed E-state index contributed by atoms with van der Waals surface area (Å²) in [4.78, 5) is 18.7. The van der Waals surface area contributed by atoms with Crippen molar-refractivity contribution in [2.75, 3.05) is 5.73 Å². The zero-order valence-corrected chi connectivity index (χ0v) is 13.0. The molecule has 0 aliphatic heterocycles. The quantitative estimate of drug-likeness (QED) is 0.667. The van der Waals surface area contributed by atoms with Gasteiger partial charge in [0.25, 0.3) is 5.69 Å². The largest absolute Gasteiger partial charge is 0.437 e. The Morgan fingerprint density at radius 1 is 1.43 bits per heavy atom. The molecular formula is C13H13BrN4O3. The van der Waals surface area contributed by atoms with Crippen molar-refractivity contribution in [3.8, 4) is 11.6 Å². The highest BCUT2D eigenvalue weighted by Crippen LogP contribution is 2.34. The van der Waals surface area contributed by atoms with Gasteiger partial charge in [0.1, 0.15) is 11.6 Å². The Balaban J connectivity index is 2.44. The molecule has 7 nitrogen and oxygen atoms in total. The van der Waals surface area contributed by atoms with E-state index in [1.807, 2.05) is 6.92 Å². The fourth-order valence-corrected chi connectivity index (χ4v) is 1.93. The highest BCUT2D eigenvalue weighted by molar-refractivity contribution is 9.10. The molecule has 2 rings (SSSR count). The van der Waals surface area contributed by atoms with E-state index >= 15 is 0 Å². The second-order valence-corrected chi connectivity index (χ2v) is 5.14. The molecule has 21 heavy (non-hydrogen) atoms. The Bertz CT molecular complexity index is 706. The number of rotatable bonds is 4. The van der Waals surface area contributed by atoms with Crippen molar-refractivity contribution in [1.82, 2.24) is 9.97 Å². The van der Waals surface area contributed by atoms with Crippen LogP contribution in [0.4, 0.5) is 11.5 Å². The van der Waals surface area contributed by atoms with E-state index in [9.17, 15) is 10.1 Å². The summed E-state index contributed by atoms with van der Waals surface area (Å²) in [7, 11) is 0. The van der Waals surface area contributed by atoms with E-state index < -0.39 is 4.92 Å². The number of non-ortho nitro benzene ring substituents is 1. The molecule has 1 aromatic carbocycles. The number of ether oxygens (including phenoxy) is 1. The van der Waals surface area contributed by atoms with Gasteiger partial charge in [-0.3, -0.25) is 10.1 Å². The molecule has 0 spiro atoms. The number of nitrogens with two attached hydrogens (primary N) is 1. The SMILES string of the molecule is CCc1nc(N)c(C)c(Oc2cc([N+](=O)[O-])ccc2Br)n1. The highest BCUT2D eigenvalue weighted by atomic mass is 79.9. The number of aryl methyl sites for hydroxylation is 1. The molecule has 0 radical (unpaired) electrons. The first-order valence-electron chi connectivity index (χ1n) is 6.17. The van der Waals surface area contributed by atoms with Gasteiger partial charge < -0.3 is 10.5 Å². The summed E-state index contributed by atoms with van der Waals surface area (Å²) >= 11 is 3.29. The molecule has 110 valence electrons. The van der Waals surface area contributed by atoms with Crippen LogP contribution < -0.4 is 10.5 Å². The number of anilines is 1. The third-order valence-corrected chi connectivity index (χ3v) is 3.49. The molecule has 0 bridgehead atoms. The molecular weight excluding hydrogens is 340 g/mol. The Hall–Kier alpha value is -2.22. The third kappa shape index (κ3) is 3.27.